The molecular formula is C17H20FN5O. The summed E-state index contributed by atoms with van der Waals surface area (Å²) in [4.78, 5) is 4.27. The quantitative estimate of drug-likeness (QED) is 0.779. The van der Waals surface area contributed by atoms with Crippen LogP contribution in [0.25, 0.3) is 11.5 Å². The molecule has 2 aromatic heterocycles. The molecule has 1 aromatic carbocycles. The Bertz CT molecular complexity index is 818. The molecule has 0 radical (unpaired) electrons. The third kappa shape index (κ3) is 3.86. The van der Waals surface area contributed by atoms with Crippen molar-refractivity contribution in [1.29, 1.82) is 0 Å². The number of aromatic nitrogens is 4. The number of hydrogen-bond donors (Lipinski definition) is 1. The highest BCUT2D eigenvalue weighted by atomic mass is 19.1. The molecule has 3 aromatic rings. The Balaban J connectivity index is 1.57. The molecule has 0 fully saturated rings. The molecule has 0 atom stereocenters. The molecule has 1 N–H and O–H groups in total. The lowest BCUT2D eigenvalue weighted by Gasteiger charge is -2.18. The van der Waals surface area contributed by atoms with Crippen molar-refractivity contribution in [1.82, 2.24) is 25.2 Å². The van der Waals surface area contributed by atoms with Gasteiger partial charge in [-0.3, -0.25) is 4.68 Å². The van der Waals surface area contributed by atoms with E-state index in [0.29, 0.717) is 30.4 Å². The van der Waals surface area contributed by atoms with E-state index in [-0.39, 0.29) is 11.4 Å². The number of nitrogens with one attached hydrogen (secondary N) is 1. The second-order valence-electron chi connectivity index (χ2n) is 6.59. The SMILES string of the molecule is CC(C)(C)n1cc(CNCc2noc(-c3cccc(F)c3)n2)cn1. The second kappa shape index (κ2) is 6.52. The number of benzene rings is 1. The summed E-state index contributed by atoms with van der Waals surface area (Å²) in [5.41, 5.74) is 1.62. The van der Waals surface area contributed by atoms with Crippen LogP contribution < -0.4 is 5.32 Å². The summed E-state index contributed by atoms with van der Waals surface area (Å²) in [6.45, 7) is 7.42. The topological polar surface area (TPSA) is 68.8 Å². The van der Waals surface area contributed by atoms with Crippen LogP contribution in [-0.2, 0) is 18.6 Å². The monoisotopic (exact) mass is 329 g/mol. The van der Waals surface area contributed by atoms with Crippen LogP contribution in [0, 0.1) is 5.82 Å². The van der Waals surface area contributed by atoms with Crippen molar-refractivity contribution in [3.63, 3.8) is 0 Å². The van der Waals surface area contributed by atoms with Crippen LogP contribution in [-0.4, -0.2) is 19.9 Å². The molecule has 0 aliphatic heterocycles. The van der Waals surface area contributed by atoms with Crippen molar-refractivity contribution in [3.8, 4) is 11.5 Å². The van der Waals surface area contributed by atoms with E-state index in [1.165, 1.54) is 12.1 Å². The summed E-state index contributed by atoms with van der Waals surface area (Å²) in [7, 11) is 0. The van der Waals surface area contributed by atoms with Gasteiger partial charge in [-0.1, -0.05) is 11.2 Å². The molecule has 0 unspecified atom stereocenters. The summed E-state index contributed by atoms with van der Waals surface area (Å²) in [5.74, 6) is 0.505. The predicted molar refractivity (Wildman–Crippen MR) is 87.5 cm³/mol. The van der Waals surface area contributed by atoms with Crippen LogP contribution in [0.15, 0.2) is 41.2 Å². The largest absolute Gasteiger partial charge is 0.334 e. The van der Waals surface area contributed by atoms with Gasteiger partial charge in [0.15, 0.2) is 5.82 Å². The van der Waals surface area contributed by atoms with Gasteiger partial charge in [0.25, 0.3) is 5.89 Å². The Hall–Kier alpha value is -2.54. The maximum atomic E-state index is 13.2. The van der Waals surface area contributed by atoms with Crippen LogP contribution >= 0.6 is 0 Å². The molecular weight excluding hydrogens is 309 g/mol. The van der Waals surface area contributed by atoms with E-state index in [9.17, 15) is 4.39 Å². The maximum Gasteiger partial charge on any atom is 0.258 e. The van der Waals surface area contributed by atoms with Gasteiger partial charge in [-0.05, 0) is 39.0 Å². The Morgan fingerprint density at radius 3 is 2.79 bits per heavy atom. The van der Waals surface area contributed by atoms with Crippen LogP contribution in [0.5, 0.6) is 0 Å². The zero-order valence-corrected chi connectivity index (χ0v) is 14.0. The molecule has 0 aliphatic carbocycles. The molecule has 0 saturated heterocycles. The highest BCUT2D eigenvalue weighted by molar-refractivity contribution is 5.52. The lowest BCUT2D eigenvalue weighted by Crippen LogP contribution is -2.22. The van der Waals surface area contributed by atoms with E-state index in [2.05, 4.69) is 41.3 Å². The fourth-order valence-corrected chi connectivity index (χ4v) is 2.20. The van der Waals surface area contributed by atoms with Crippen molar-refractivity contribution in [3.05, 3.63) is 53.9 Å². The van der Waals surface area contributed by atoms with Gasteiger partial charge in [-0.2, -0.15) is 10.1 Å². The van der Waals surface area contributed by atoms with Crippen molar-refractivity contribution < 1.29 is 8.91 Å². The van der Waals surface area contributed by atoms with Crippen molar-refractivity contribution in [2.75, 3.05) is 0 Å². The summed E-state index contributed by atoms with van der Waals surface area (Å²) in [6, 6.07) is 6.08. The smallest absolute Gasteiger partial charge is 0.258 e. The molecule has 0 bridgehead atoms. The molecule has 0 spiro atoms. The van der Waals surface area contributed by atoms with Crippen LogP contribution in [0.2, 0.25) is 0 Å². The first-order chi connectivity index (χ1) is 11.4. The standard InChI is InChI=1S/C17H20FN5O/c1-17(2,3)23-11-12(9-20-23)8-19-10-15-21-16(24-22-15)13-5-4-6-14(18)7-13/h4-7,9,11,19H,8,10H2,1-3H3. The Labute approximate surface area is 139 Å². The van der Waals surface area contributed by atoms with Gasteiger partial charge >= 0.3 is 0 Å². The minimum absolute atomic E-state index is 0.0359. The normalized spacial score (nSPS) is 11.8. The number of nitrogens with zero attached hydrogens (tertiary/aromatic N) is 4. The van der Waals surface area contributed by atoms with Crippen LogP contribution in [0.4, 0.5) is 4.39 Å². The van der Waals surface area contributed by atoms with E-state index < -0.39 is 0 Å². The first-order valence-electron chi connectivity index (χ1n) is 7.75. The molecule has 6 nitrogen and oxygen atoms in total. The first kappa shape index (κ1) is 16.3. The predicted octanol–water partition coefficient (Wildman–Crippen LogP) is 3.12. The molecule has 24 heavy (non-hydrogen) atoms. The number of rotatable bonds is 5. The fraction of sp³-hybridized carbons (Fsp3) is 0.353. The summed E-state index contributed by atoms with van der Waals surface area (Å²) < 4.78 is 20.3. The Kier molecular flexibility index (Phi) is 4.44. The van der Waals surface area contributed by atoms with Crippen molar-refractivity contribution in [2.45, 2.75) is 39.4 Å². The molecule has 126 valence electrons. The first-order valence-corrected chi connectivity index (χ1v) is 7.75. The van der Waals surface area contributed by atoms with Crippen LogP contribution in [0.1, 0.15) is 32.2 Å². The molecule has 0 saturated carbocycles. The lowest BCUT2D eigenvalue weighted by atomic mass is 10.1. The summed E-state index contributed by atoms with van der Waals surface area (Å²) >= 11 is 0. The van der Waals surface area contributed by atoms with Crippen LogP contribution in [0.3, 0.4) is 0 Å². The Morgan fingerprint density at radius 1 is 1.25 bits per heavy atom. The molecule has 3 rings (SSSR count). The van der Waals surface area contributed by atoms with Gasteiger partial charge in [0.2, 0.25) is 0 Å². The molecule has 0 amide bonds. The van der Waals surface area contributed by atoms with E-state index >= 15 is 0 Å². The lowest BCUT2D eigenvalue weighted by molar-refractivity contribution is 0.355. The minimum atomic E-state index is -0.332. The molecule has 2 heterocycles. The van der Waals surface area contributed by atoms with Gasteiger partial charge in [-0.15, -0.1) is 0 Å². The maximum absolute atomic E-state index is 13.2. The van der Waals surface area contributed by atoms with E-state index in [4.69, 9.17) is 4.52 Å². The van der Waals surface area contributed by atoms with Gasteiger partial charge in [0.05, 0.1) is 18.3 Å². The highest BCUT2D eigenvalue weighted by Gasteiger charge is 2.14. The second-order valence-corrected chi connectivity index (χ2v) is 6.59. The zero-order valence-electron chi connectivity index (χ0n) is 14.0. The van der Waals surface area contributed by atoms with Gasteiger partial charge in [0.1, 0.15) is 5.82 Å². The van der Waals surface area contributed by atoms with Gasteiger partial charge in [0, 0.05) is 23.9 Å². The van der Waals surface area contributed by atoms with E-state index in [1.807, 2.05) is 17.1 Å². The number of halogens is 1. The zero-order chi connectivity index (χ0) is 17.2. The fourth-order valence-electron chi connectivity index (χ4n) is 2.20. The van der Waals surface area contributed by atoms with Crippen molar-refractivity contribution in [2.24, 2.45) is 0 Å². The minimum Gasteiger partial charge on any atom is -0.334 e. The third-order valence-electron chi connectivity index (χ3n) is 3.48. The average molecular weight is 329 g/mol. The van der Waals surface area contributed by atoms with E-state index in [1.54, 1.807) is 12.1 Å². The summed E-state index contributed by atoms with van der Waals surface area (Å²) in [6.07, 6.45) is 3.86. The van der Waals surface area contributed by atoms with Gasteiger partial charge in [-0.25, -0.2) is 4.39 Å². The molecule has 7 heteroatoms. The number of hydrogen-bond acceptors (Lipinski definition) is 5. The average Bonchev–Trinajstić information content (AvgIpc) is 3.16. The summed E-state index contributed by atoms with van der Waals surface area (Å²) in [5, 5.41) is 11.5. The third-order valence-corrected chi connectivity index (χ3v) is 3.48. The van der Waals surface area contributed by atoms with Gasteiger partial charge < -0.3 is 9.84 Å². The van der Waals surface area contributed by atoms with E-state index in [0.717, 1.165) is 5.56 Å². The Morgan fingerprint density at radius 2 is 2.08 bits per heavy atom. The highest BCUT2D eigenvalue weighted by Crippen LogP contribution is 2.18. The van der Waals surface area contributed by atoms with Crippen molar-refractivity contribution >= 4 is 0 Å². The molecule has 0 aliphatic rings.